The van der Waals surface area contributed by atoms with Crippen LogP contribution in [0.4, 0.5) is 10.7 Å². The Kier molecular flexibility index (Phi) is 3.54. The number of aromatic amines is 1. The molecule has 1 aliphatic rings. The number of imidazole rings is 1. The van der Waals surface area contributed by atoms with Crippen molar-refractivity contribution in [1.29, 1.82) is 0 Å². The summed E-state index contributed by atoms with van der Waals surface area (Å²) in [7, 11) is -2.91. The largest absolute Gasteiger partial charge is 0.337 e. The van der Waals surface area contributed by atoms with E-state index < -0.39 is 15.9 Å². The quantitative estimate of drug-likeness (QED) is 0.790. The SMILES string of the molecule is O=C(NCC1CCS(=O)(=O)C1)Nc1nc2ccccc2[nH]1. The molecule has 0 radical (unpaired) electrons. The highest BCUT2D eigenvalue weighted by atomic mass is 32.2. The molecule has 8 heteroatoms. The number of hydrogen-bond acceptors (Lipinski definition) is 4. The van der Waals surface area contributed by atoms with E-state index in [2.05, 4.69) is 20.6 Å². The van der Waals surface area contributed by atoms with Crippen LogP contribution in [0.25, 0.3) is 11.0 Å². The van der Waals surface area contributed by atoms with Crippen LogP contribution < -0.4 is 10.6 Å². The number of benzene rings is 1. The molecule has 112 valence electrons. The summed E-state index contributed by atoms with van der Waals surface area (Å²) in [5.74, 6) is 0.729. The van der Waals surface area contributed by atoms with Crippen LogP contribution in [0.15, 0.2) is 24.3 Å². The van der Waals surface area contributed by atoms with Crippen LogP contribution >= 0.6 is 0 Å². The maximum absolute atomic E-state index is 11.8. The summed E-state index contributed by atoms with van der Waals surface area (Å²) in [6, 6.07) is 7.07. The Morgan fingerprint density at radius 1 is 1.38 bits per heavy atom. The van der Waals surface area contributed by atoms with Crippen LogP contribution in [0.3, 0.4) is 0 Å². The fourth-order valence-corrected chi connectivity index (χ4v) is 4.30. The zero-order valence-electron chi connectivity index (χ0n) is 11.3. The molecule has 1 aliphatic heterocycles. The van der Waals surface area contributed by atoms with Gasteiger partial charge in [0.1, 0.15) is 0 Å². The van der Waals surface area contributed by atoms with E-state index in [0.29, 0.717) is 18.9 Å². The molecular formula is C13H16N4O3S. The minimum Gasteiger partial charge on any atom is -0.337 e. The maximum Gasteiger partial charge on any atom is 0.321 e. The number of fused-ring (bicyclic) bond motifs is 1. The summed E-state index contributed by atoms with van der Waals surface area (Å²) in [5, 5.41) is 5.29. The number of para-hydroxylation sites is 2. The van der Waals surface area contributed by atoms with Gasteiger partial charge < -0.3 is 10.3 Å². The molecule has 7 nitrogen and oxygen atoms in total. The van der Waals surface area contributed by atoms with Crippen LogP contribution in [-0.2, 0) is 9.84 Å². The zero-order chi connectivity index (χ0) is 14.9. The van der Waals surface area contributed by atoms with Gasteiger partial charge in [-0.3, -0.25) is 5.32 Å². The molecule has 1 saturated heterocycles. The second kappa shape index (κ2) is 5.36. The molecule has 2 amide bonds. The van der Waals surface area contributed by atoms with E-state index in [1.165, 1.54) is 0 Å². The number of H-pyrrole nitrogens is 1. The first-order chi connectivity index (χ1) is 10.0. The van der Waals surface area contributed by atoms with E-state index in [9.17, 15) is 13.2 Å². The number of rotatable bonds is 3. The Bertz CT molecular complexity index is 736. The van der Waals surface area contributed by atoms with Crippen molar-refractivity contribution >= 4 is 32.9 Å². The van der Waals surface area contributed by atoms with E-state index in [1.807, 2.05) is 24.3 Å². The highest BCUT2D eigenvalue weighted by molar-refractivity contribution is 7.91. The third-order valence-electron chi connectivity index (χ3n) is 3.50. The van der Waals surface area contributed by atoms with Gasteiger partial charge in [0.15, 0.2) is 9.84 Å². The maximum atomic E-state index is 11.8. The molecule has 0 spiro atoms. The fourth-order valence-electron chi connectivity index (χ4n) is 2.43. The number of nitrogens with zero attached hydrogens (tertiary/aromatic N) is 1. The third kappa shape index (κ3) is 3.33. The lowest BCUT2D eigenvalue weighted by molar-refractivity contribution is 0.250. The lowest BCUT2D eigenvalue weighted by atomic mass is 10.1. The number of nitrogens with one attached hydrogen (secondary N) is 3. The number of hydrogen-bond donors (Lipinski definition) is 3. The highest BCUT2D eigenvalue weighted by Crippen LogP contribution is 2.17. The number of carbonyl (C=O) groups is 1. The van der Waals surface area contributed by atoms with E-state index in [4.69, 9.17) is 0 Å². The van der Waals surface area contributed by atoms with Gasteiger partial charge in [0, 0.05) is 6.54 Å². The molecule has 0 saturated carbocycles. The Morgan fingerprint density at radius 3 is 2.90 bits per heavy atom. The number of amides is 2. The van der Waals surface area contributed by atoms with Crippen molar-refractivity contribution in [2.24, 2.45) is 5.92 Å². The number of carbonyl (C=O) groups excluding carboxylic acids is 1. The van der Waals surface area contributed by atoms with Crippen molar-refractivity contribution in [3.8, 4) is 0 Å². The van der Waals surface area contributed by atoms with Gasteiger partial charge in [-0.1, -0.05) is 12.1 Å². The van der Waals surface area contributed by atoms with E-state index >= 15 is 0 Å². The van der Waals surface area contributed by atoms with Gasteiger partial charge in [-0.25, -0.2) is 18.2 Å². The summed E-state index contributed by atoms with van der Waals surface area (Å²) >= 11 is 0. The fraction of sp³-hybridized carbons (Fsp3) is 0.385. The molecule has 0 aliphatic carbocycles. The second-order valence-corrected chi connectivity index (χ2v) is 7.44. The summed E-state index contributed by atoms with van der Waals surface area (Å²) in [6.45, 7) is 0.352. The first-order valence-corrected chi connectivity index (χ1v) is 8.54. The third-order valence-corrected chi connectivity index (χ3v) is 5.34. The van der Waals surface area contributed by atoms with Crippen LogP contribution in [0.5, 0.6) is 0 Å². The predicted octanol–water partition coefficient (Wildman–Crippen LogP) is 1.12. The summed E-state index contributed by atoms with van der Waals surface area (Å²) in [6.07, 6.45) is 0.604. The molecular weight excluding hydrogens is 292 g/mol. The van der Waals surface area contributed by atoms with Crippen molar-refractivity contribution in [3.05, 3.63) is 24.3 Å². The molecule has 21 heavy (non-hydrogen) atoms. The molecule has 3 rings (SSSR count). The smallest absolute Gasteiger partial charge is 0.321 e. The number of sulfone groups is 1. The Labute approximate surface area is 122 Å². The lowest BCUT2D eigenvalue weighted by Gasteiger charge is -2.09. The van der Waals surface area contributed by atoms with Crippen molar-refractivity contribution in [1.82, 2.24) is 15.3 Å². The second-order valence-electron chi connectivity index (χ2n) is 5.21. The van der Waals surface area contributed by atoms with Crippen LogP contribution in [0.2, 0.25) is 0 Å². The Hall–Kier alpha value is -2.09. The molecule has 1 unspecified atom stereocenters. The zero-order valence-corrected chi connectivity index (χ0v) is 12.1. The van der Waals surface area contributed by atoms with Gasteiger partial charge in [0.05, 0.1) is 22.5 Å². The van der Waals surface area contributed by atoms with Crippen molar-refractivity contribution in [2.45, 2.75) is 6.42 Å². The average Bonchev–Trinajstić information content (AvgIpc) is 2.98. The lowest BCUT2D eigenvalue weighted by Crippen LogP contribution is -2.33. The molecule has 0 bridgehead atoms. The van der Waals surface area contributed by atoms with Crippen molar-refractivity contribution in [2.75, 3.05) is 23.4 Å². The van der Waals surface area contributed by atoms with E-state index in [-0.39, 0.29) is 17.4 Å². The average molecular weight is 308 g/mol. The van der Waals surface area contributed by atoms with Gasteiger partial charge in [-0.2, -0.15) is 0 Å². The number of urea groups is 1. The standard InChI is InChI=1S/C13H16N4O3S/c18-13(14-7-9-5-6-21(19,20)8-9)17-12-15-10-3-1-2-4-11(10)16-12/h1-4,9H,5-8H2,(H3,14,15,16,17,18). The minimum atomic E-state index is -2.91. The van der Waals surface area contributed by atoms with E-state index in [1.54, 1.807) is 0 Å². The van der Waals surface area contributed by atoms with Gasteiger partial charge >= 0.3 is 6.03 Å². The van der Waals surface area contributed by atoms with Gasteiger partial charge in [0.25, 0.3) is 0 Å². The van der Waals surface area contributed by atoms with Gasteiger partial charge in [0.2, 0.25) is 5.95 Å². The minimum absolute atomic E-state index is 0.00331. The van der Waals surface area contributed by atoms with Crippen LogP contribution in [0, 0.1) is 5.92 Å². The van der Waals surface area contributed by atoms with Crippen molar-refractivity contribution in [3.63, 3.8) is 0 Å². The topological polar surface area (TPSA) is 104 Å². The molecule has 1 atom stereocenters. The van der Waals surface area contributed by atoms with Gasteiger partial charge in [-0.05, 0) is 24.5 Å². The Balaban J connectivity index is 1.54. The van der Waals surface area contributed by atoms with Gasteiger partial charge in [-0.15, -0.1) is 0 Å². The summed E-state index contributed by atoms with van der Waals surface area (Å²) in [5.41, 5.74) is 1.62. The highest BCUT2D eigenvalue weighted by Gasteiger charge is 2.27. The predicted molar refractivity (Wildman–Crippen MR) is 79.9 cm³/mol. The monoisotopic (exact) mass is 308 g/mol. The van der Waals surface area contributed by atoms with E-state index in [0.717, 1.165) is 11.0 Å². The first-order valence-electron chi connectivity index (χ1n) is 6.72. The van der Waals surface area contributed by atoms with Crippen molar-refractivity contribution < 1.29 is 13.2 Å². The Morgan fingerprint density at radius 2 is 2.19 bits per heavy atom. The first kappa shape index (κ1) is 13.9. The van der Waals surface area contributed by atoms with Crippen LogP contribution in [-0.4, -0.2) is 42.5 Å². The number of aromatic nitrogens is 2. The normalized spacial score (nSPS) is 20.5. The summed E-state index contributed by atoms with van der Waals surface area (Å²) < 4.78 is 22.7. The molecule has 1 aromatic carbocycles. The molecule has 2 aromatic rings. The molecule has 1 aromatic heterocycles. The van der Waals surface area contributed by atoms with Crippen LogP contribution in [0.1, 0.15) is 6.42 Å². The molecule has 3 N–H and O–H groups in total. The molecule has 2 heterocycles. The molecule has 1 fully saturated rings. The number of anilines is 1. The summed E-state index contributed by atoms with van der Waals surface area (Å²) in [4.78, 5) is 19.0.